The van der Waals surface area contributed by atoms with Gasteiger partial charge in [-0.15, -0.1) is 0 Å². The van der Waals surface area contributed by atoms with Crippen molar-refractivity contribution in [2.24, 2.45) is 0 Å². The van der Waals surface area contributed by atoms with E-state index in [9.17, 15) is 0 Å². The van der Waals surface area contributed by atoms with Crippen molar-refractivity contribution in [3.05, 3.63) is 180 Å². The number of anilines is 2. The highest BCUT2D eigenvalue weighted by molar-refractivity contribution is 6.06. The van der Waals surface area contributed by atoms with E-state index in [1.807, 2.05) is 18.2 Å². The molecule has 0 amide bonds. The molecule has 3 aliphatic rings. The third-order valence-corrected chi connectivity index (χ3v) is 12.7. The van der Waals surface area contributed by atoms with Crippen molar-refractivity contribution in [3.63, 3.8) is 0 Å². The minimum atomic E-state index is 0.0962. The monoisotopic (exact) mass is 719 g/mol. The zero-order valence-electron chi connectivity index (χ0n) is 30.9. The minimum absolute atomic E-state index is 0.0962. The van der Waals surface area contributed by atoms with E-state index in [0.29, 0.717) is 5.82 Å². The van der Waals surface area contributed by atoms with E-state index in [2.05, 4.69) is 150 Å². The summed E-state index contributed by atoms with van der Waals surface area (Å²) in [4.78, 5) is 13.0. The summed E-state index contributed by atoms with van der Waals surface area (Å²) in [7, 11) is 0. The molecule has 0 unspecified atom stereocenters. The summed E-state index contributed by atoms with van der Waals surface area (Å²) in [5.41, 5.74) is 18.8. The number of rotatable bonds is 4. The molecule has 12 rings (SSSR count). The summed E-state index contributed by atoms with van der Waals surface area (Å²) in [6.45, 7) is 0.791. The van der Waals surface area contributed by atoms with Gasteiger partial charge in [0.1, 0.15) is 11.2 Å². The lowest BCUT2D eigenvalue weighted by atomic mass is 9.76. The quantitative estimate of drug-likeness (QED) is 0.182. The molecule has 0 radical (unpaired) electrons. The Morgan fingerprint density at radius 2 is 1.21 bits per heavy atom. The number of aromatic nitrogens is 2. The second-order valence-corrected chi connectivity index (χ2v) is 15.7. The van der Waals surface area contributed by atoms with Crippen LogP contribution in [0.4, 0.5) is 11.4 Å². The molecule has 1 aliphatic heterocycles. The molecule has 4 nitrogen and oxygen atoms in total. The maximum Gasteiger partial charge on any atom is 0.160 e. The summed E-state index contributed by atoms with van der Waals surface area (Å²) in [6, 6.07) is 59.1. The van der Waals surface area contributed by atoms with E-state index in [4.69, 9.17) is 14.4 Å². The highest BCUT2D eigenvalue weighted by Crippen LogP contribution is 2.59. The van der Waals surface area contributed by atoms with Gasteiger partial charge in [-0.25, -0.2) is 9.97 Å². The average Bonchev–Trinajstić information content (AvgIpc) is 3.98. The average molecular weight is 720 g/mol. The molecule has 0 atom stereocenters. The van der Waals surface area contributed by atoms with Gasteiger partial charge in [-0.2, -0.15) is 0 Å². The summed E-state index contributed by atoms with van der Waals surface area (Å²) < 4.78 is 6.31. The number of hydrogen-bond donors (Lipinski definition) is 0. The van der Waals surface area contributed by atoms with Gasteiger partial charge in [0.2, 0.25) is 0 Å². The smallest absolute Gasteiger partial charge is 0.160 e. The third-order valence-electron chi connectivity index (χ3n) is 12.7. The fraction of sp³-hybridized carbons (Fsp3) is 0.115. The summed E-state index contributed by atoms with van der Waals surface area (Å²) in [5.74, 6) is 0.694. The first-order valence-corrected chi connectivity index (χ1v) is 19.8. The van der Waals surface area contributed by atoms with Crippen LogP contribution in [0.15, 0.2) is 168 Å². The Morgan fingerprint density at radius 1 is 0.482 bits per heavy atom. The lowest BCUT2D eigenvalue weighted by Gasteiger charge is -2.35. The first-order chi connectivity index (χ1) is 27.7. The van der Waals surface area contributed by atoms with Crippen molar-refractivity contribution in [1.29, 1.82) is 0 Å². The van der Waals surface area contributed by atoms with Crippen LogP contribution in [0.3, 0.4) is 0 Å². The van der Waals surface area contributed by atoms with Gasteiger partial charge in [0.05, 0.1) is 11.4 Å². The molecule has 0 N–H and O–H groups in total. The number of furan rings is 1. The van der Waals surface area contributed by atoms with E-state index >= 15 is 0 Å². The van der Waals surface area contributed by atoms with Gasteiger partial charge in [-0.1, -0.05) is 128 Å². The number of hydrogen-bond acceptors (Lipinski definition) is 4. The van der Waals surface area contributed by atoms with E-state index < -0.39 is 0 Å². The first kappa shape index (κ1) is 31.6. The van der Waals surface area contributed by atoms with Crippen LogP contribution in [0.5, 0.6) is 0 Å². The van der Waals surface area contributed by atoms with E-state index in [1.165, 1.54) is 70.3 Å². The molecule has 3 heterocycles. The summed E-state index contributed by atoms with van der Waals surface area (Å²) >= 11 is 0. The highest BCUT2D eigenvalue weighted by Gasteiger charge is 2.46. The van der Waals surface area contributed by atoms with Gasteiger partial charge in [0, 0.05) is 56.4 Å². The molecule has 4 heteroatoms. The Bertz CT molecular complexity index is 3030. The standard InChI is InChI=1S/C52H37N3O/c1-2-13-33(14-3-1)46-31-47(34-23-24-41-40-20-7-9-22-49(40)56-50(41)28-34)54-51(53-46)35-16-12-17-37(27-35)55-32-36-15-4-5-18-38(36)43-29-42-39-19-6-8-21-44(39)52(25-10-11-26-52)45(42)30-48(43)55/h1-9,12-24,27-31H,10-11,25-26,32H2. The number of nitrogens with zero attached hydrogens (tertiary/aromatic N) is 3. The van der Waals surface area contributed by atoms with E-state index in [1.54, 1.807) is 0 Å². The third kappa shape index (κ3) is 4.72. The molecule has 1 fully saturated rings. The van der Waals surface area contributed by atoms with E-state index in [0.717, 1.165) is 62.2 Å². The van der Waals surface area contributed by atoms with Crippen molar-refractivity contribution in [2.45, 2.75) is 37.6 Å². The number of para-hydroxylation sites is 1. The Morgan fingerprint density at radius 3 is 2.11 bits per heavy atom. The Labute approximate surface area is 325 Å². The first-order valence-electron chi connectivity index (χ1n) is 19.8. The molecule has 0 bridgehead atoms. The van der Waals surface area contributed by atoms with Crippen LogP contribution in [0, 0.1) is 0 Å². The normalized spacial score (nSPS) is 14.9. The lowest BCUT2D eigenvalue weighted by molar-refractivity contribution is 0.550. The highest BCUT2D eigenvalue weighted by atomic mass is 16.3. The molecule has 9 aromatic rings. The molecular weight excluding hydrogens is 683 g/mol. The second kappa shape index (κ2) is 12.1. The van der Waals surface area contributed by atoms with Gasteiger partial charge in [0.15, 0.2) is 5.82 Å². The van der Waals surface area contributed by atoms with Crippen LogP contribution >= 0.6 is 0 Å². The lowest BCUT2D eigenvalue weighted by Crippen LogP contribution is -2.24. The van der Waals surface area contributed by atoms with Crippen LogP contribution in [-0.4, -0.2) is 9.97 Å². The summed E-state index contributed by atoms with van der Waals surface area (Å²) in [6.07, 6.45) is 4.97. The predicted octanol–water partition coefficient (Wildman–Crippen LogP) is 13.5. The maximum atomic E-state index is 6.31. The maximum absolute atomic E-state index is 6.31. The molecule has 1 saturated carbocycles. The zero-order chi connectivity index (χ0) is 36.8. The van der Waals surface area contributed by atoms with Gasteiger partial charge in [-0.3, -0.25) is 0 Å². The van der Waals surface area contributed by atoms with Crippen molar-refractivity contribution in [2.75, 3.05) is 4.90 Å². The van der Waals surface area contributed by atoms with Crippen LogP contribution < -0.4 is 4.90 Å². The van der Waals surface area contributed by atoms with Crippen LogP contribution in [0.25, 0.3) is 78.1 Å². The van der Waals surface area contributed by atoms with Crippen molar-refractivity contribution < 1.29 is 4.42 Å². The Kier molecular flexibility index (Phi) is 6.83. The second-order valence-electron chi connectivity index (χ2n) is 15.7. The largest absolute Gasteiger partial charge is 0.456 e. The fourth-order valence-electron chi connectivity index (χ4n) is 10.0. The Hall–Kier alpha value is -6.78. The SMILES string of the molecule is c1ccc(-c2cc(-c3ccc4c(c3)oc3ccccc34)nc(-c3cccc(N4Cc5ccccc5-c5cc6c(cc54)C4(CCCC4)c4ccccc4-6)c3)n2)cc1. The topological polar surface area (TPSA) is 42.2 Å². The molecular formula is C52H37N3O. The van der Waals surface area contributed by atoms with Crippen molar-refractivity contribution >= 4 is 33.3 Å². The molecule has 7 aromatic carbocycles. The minimum Gasteiger partial charge on any atom is -0.456 e. The number of fused-ring (bicyclic) bond motifs is 11. The van der Waals surface area contributed by atoms with Gasteiger partial charge in [-0.05, 0) is 94.8 Å². The molecule has 56 heavy (non-hydrogen) atoms. The fourth-order valence-corrected chi connectivity index (χ4v) is 10.0. The molecule has 2 aromatic heterocycles. The zero-order valence-corrected chi connectivity index (χ0v) is 30.9. The molecule has 0 saturated heterocycles. The molecule has 1 spiro atoms. The Balaban J connectivity index is 1.01. The molecule has 266 valence electrons. The van der Waals surface area contributed by atoms with Crippen LogP contribution in [0.2, 0.25) is 0 Å². The van der Waals surface area contributed by atoms with Gasteiger partial charge < -0.3 is 9.32 Å². The van der Waals surface area contributed by atoms with E-state index in [-0.39, 0.29) is 5.41 Å². The van der Waals surface area contributed by atoms with Crippen LogP contribution in [-0.2, 0) is 12.0 Å². The van der Waals surface area contributed by atoms with Crippen molar-refractivity contribution in [1.82, 2.24) is 9.97 Å². The molecule has 2 aliphatic carbocycles. The van der Waals surface area contributed by atoms with Crippen molar-refractivity contribution in [3.8, 4) is 56.2 Å². The van der Waals surface area contributed by atoms with Gasteiger partial charge in [0.25, 0.3) is 0 Å². The van der Waals surface area contributed by atoms with Crippen LogP contribution in [0.1, 0.15) is 42.4 Å². The predicted molar refractivity (Wildman–Crippen MR) is 228 cm³/mol. The number of benzene rings is 7. The summed E-state index contributed by atoms with van der Waals surface area (Å²) in [5, 5.41) is 2.22. The van der Waals surface area contributed by atoms with Gasteiger partial charge >= 0.3 is 0 Å².